The molecular weight excluding hydrogens is 286 g/mol. The van der Waals surface area contributed by atoms with Crippen LogP contribution in [-0.4, -0.2) is 57.2 Å². The van der Waals surface area contributed by atoms with Crippen molar-refractivity contribution in [2.24, 2.45) is 7.05 Å². The summed E-state index contributed by atoms with van der Waals surface area (Å²) in [4.78, 5) is 22.7. The van der Waals surface area contributed by atoms with Gasteiger partial charge in [-0.1, -0.05) is 5.21 Å². The van der Waals surface area contributed by atoms with Crippen molar-refractivity contribution >= 4 is 11.7 Å². The van der Waals surface area contributed by atoms with E-state index in [2.05, 4.69) is 30.5 Å². The van der Waals surface area contributed by atoms with E-state index in [9.17, 15) is 4.79 Å². The lowest BCUT2D eigenvalue weighted by Gasteiger charge is -2.27. The molecule has 1 N–H and O–H groups in total. The number of hydrogen-bond acceptors (Lipinski definition) is 7. The summed E-state index contributed by atoms with van der Waals surface area (Å²) in [5.41, 5.74) is 0.270. The van der Waals surface area contributed by atoms with Crippen LogP contribution in [0.3, 0.4) is 0 Å². The third-order valence-electron chi connectivity index (χ3n) is 3.27. The van der Waals surface area contributed by atoms with Crippen LogP contribution in [0, 0.1) is 0 Å². The lowest BCUT2D eigenvalue weighted by atomic mass is 10.4. The van der Waals surface area contributed by atoms with Gasteiger partial charge in [0.1, 0.15) is 11.6 Å². The number of carbonyl (C=O) groups excluding carboxylic acids is 1. The monoisotopic (exact) mass is 303 g/mol. The van der Waals surface area contributed by atoms with E-state index in [1.807, 2.05) is 6.07 Å². The molecule has 3 heterocycles. The first-order valence-electron chi connectivity index (χ1n) is 7.01. The molecule has 1 aliphatic rings. The topological polar surface area (TPSA) is 98.1 Å². The molecule has 1 fully saturated rings. The zero-order chi connectivity index (χ0) is 15.4. The Kier molecular flexibility index (Phi) is 4.24. The number of nitrogens with one attached hydrogen (secondary N) is 1. The normalized spacial score (nSPS) is 14.9. The van der Waals surface area contributed by atoms with Crippen LogP contribution >= 0.6 is 0 Å². The van der Waals surface area contributed by atoms with Crippen LogP contribution in [0.5, 0.6) is 0 Å². The van der Waals surface area contributed by atoms with Crippen molar-refractivity contribution in [1.82, 2.24) is 30.3 Å². The quantitative estimate of drug-likeness (QED) is 0.803. The van der Waals surface area contributed by atoms with Crippen molar-refractivity contribution in [2.45, 2.75) is 6.54 Å². The molecule has 1 amide bonds. The standard InChI is InChI=1S/C13H17N7O2/c1-19-9-10(17-18-19)13(21)15-8-11-14-3-2-12(16-11)20-4-6-22-7-5-20/h2-3,9H,4-8H2,1H3,(H,15,21). The molecule has 0 spiro atoms. The third-order valence-corrected chi connectivity index (χ3v) is 3.27. The van der Waals surface area contributed by atoms with Crippen molar-refractivity contribution in [3.8, 4) is 0 Å². The Morgan fingerprint density at radius 1 is 1.41 bits per heavy atom. The van der Waals surface area contributed by atoms with Crippen LogP contribution in [0.2, 0.25) is 0 Å². The Morgan fingerprint density at radius 2 is 2.23 bits per heavy atom. The molecule has 2 aromatic rings. The van der Waals surface area contributed by atoms with Gasteiger partial charge in [-0.3, -0.25) is 9.48 Å². The molecule has 1 aliphatic heterocycles. The van der Waals surface area contributed by atoms with Gasteiger partial charge in [0.15, 0.2) is 5.69 Å². The number of aromatic nitrogens is 5. The molecule has 1 saturated heterocycles. The summed E-state index contributed by atoms with van der Waals surface area (Å²) < 4.78 is 6.80. The molecule has 9 heteroatoms. The summed E-state index contributed by atoms with van der Waals surface area (Å²) in [7, 11) is 1.71. The second-order valence-electron chi connectivity index (χ2n) is 4.89. The van der Waals surface area contributed by atoms with Gasteiger partial charge in [0.25, 0.3) is 5.91 Å². The Balaban J connectivity index is 1.61. The van der Waals surface area contributed by atoms with Gasteiger partial charge < -0.3 is 15.0 Å². The molecule has 0 aliphatic carbocycles. The molecule has 0 bridgehead atoms. The van der Waals surface area contributed by atoms with Gasteiger partial charge in [-0.2, -0.15) is 0 Å². The summed E-state index contributed by atoms with van der Waals surface area (Å²) in [5, 5.41) is 10.2. The third kappa shape index (κ3) is 3.37. The average molecular weight is 303 g/mol. The maximum atomic E-state index is 11.9. The number of hydrogen-bond donors (Lipinski definition) is 1. The van der Waals surface area contributed by atoms with Crippen LogP contribution in [-0.2, 0) is 18.3 Å². The number of morpholine rings is 1. The maximum absolute atomic E-state index is 11.9. The molecule has 2 aromatic heterocycles. The molecule has 0 aromatic carbocycles. The fourth-order valence-corrected chi connectivity index (χ4v) is 2.14. The summed E-state index contributed by atoms with van der Waals surface area (Å²) in [6.45, 7) is 3.25. The maximum Gasteiger partial charge on any atom is 0.273 e. The first-order valence-corrected chi connectivity index (χ1v) is 7.01. The Hall–Kier alpha value is -2.55. The Morgan fingerprint density at radius 3 is 2.95 bits per heavy atom. The van der Waals surface area contributed by atoms with Crippen LogP contribution in [0.4, 0.5) is 5.82 Å². The van der Waals surface area contributed by atoms with Crippen LogP contribution < -0.4 is 10.2 Å². The van der Waals surface area contributed by atoms with Crippen molar-refractivity contribution in [2.75, 3.05) is 31.2 Å². The van der Waals surface area contributed by atoms with E-state index in [-0.39, 0.29) is 18.1 Å². The SMILES string of the molecule is Cn1cc(C(=O)NCc2nccc(N3CCOCC3)n2)nn1. The summed E-state index contributed by atoms with van der Waals surface area (Å²) in [5.74, 6) is 1.11. The Labute approximate surface area is 127 Å². The van der Waals surface area contributed by atoms with Crippen LogP contribution in [0.1, 0.15) is 16.3 Å². The van der Waals surface area contributed by atoms with E-state index in [1.165, 1.54) is 4.68 Å². The van der Waals surface area contributed by atoms with Crippen molar-refractivity contribution < 1.29 is 9.53 Å². The van der Waals surface area contributed by atoms with Crippen molar-refractivity contribution in [3.05, 3.63) is 30.0 Å². The van der Waals surface area contributed by atoms with Crippen molar-refractivity contribution in [1.29, 1.82) is 0 Å². The molecule has 22 heavy (non-hydrogen) atoms. The highest BCUT2D eigenvalue weighted by molar-refractivity contribution is 5.91. The van der Waals surface area contributed by atoms with Crippen LogP contribution in [0.25, 0.3) is 0 Å². The smallest absolute Gasteiger partial charge is 0.273 e. The zero-order valence-electron chi connectivity index (χ0n) is 12.3. The number of nitrogens with zero attached hydrogens (tertiary/aromatic N) is 6. The molecule has 0 unspecified atom stereocenters. The highest BCUT2D eigenvalue weighted by atomic mass is 16.5. The fraction of sp³-hybridized carbons (Fsp3) is 0.462. The predicted molar refractivity (Wildman–Crippen MR) is 77.2 cm³/mol. The van der Waals surface area contributed by atoms with Gasteiger partial charge in [0.2, 0.25) is 0 Å². The second kappa shape index (κ2) is 6.48. The summed E-state index contributed by atoms with van der Waals surface area (Å²) in [6.07, 6.45) is 3.25. The van der Waals surface area contributed by atoms with Gasteiger partial charge in [-0.25, -0.2) is 9.97 Å². The number of aryl methyl sites for hydroxylation is 1. The van der Waals surface area contributed by atoms with E-state index in [0.29, 0.717) is 19.0 Å². The molecule has 9 nitrogen and oxygen atoms in total. The average Bonchev–Trinajstić information content (AvgIpc) is 3.00. The number of carbonyl (C=O) groups is 1. The zero-order valence-corrected chi connectivity index (χ0v) is 12.3. The molecule has 116 valence electrons. The number of amides is 1. The number of ether oxygens (including phenoxy) is 1. The van der Waals surface area contributed by atoms with Gasteiger partial charge >= 0.3 is 0 Å². The lowest BCUT2D eigenvalue weighted by Crippen LogP contribution is -2.37. The van der Waals surface area contributed by atoms with Crippen LogP contribution in [0.15, 0.2) is 18.5 Å². The Bertz CT molecular complexity index is 651. The first-order chi connectivity index (χ1) is 10.7. The summed E-state index contributed by atoms with van der Waals surface area (Å²) >= 11 is 0. The lowest BCUT2D eigenvalue weighted by molar-refractivity contribution is 0.0944. The molecule has 3 rings (SSSR count). The highest BCUT2D eigenvalue weighted by Crippen LogP contribution is 2.11. The van der Waals surface area contributed by atoms with E-state index in [4.69, 9.17) is 4.74 Å². The first kappa shape index (κ1) is 14.4. The second-order valence-corrected chi connectivity index (χ2v) is 4.89. The fourth-order valence-electron chi connectivity index (χ4n) is 2.14. The van der Waals surface area contributed by atoms with Gasteiger partial charge in [-0.15, -0.1) is 5.10 Å². The van der Waals surface area contributed by atoms with Gasteiger partial charge in [0, 0.05) is 26.3 Å². The van der Waals surface area contributed by atoms with Gasteiger partial charge in [-0.05, 0) is 6.07 Å². The number of anilines is 1. The molecule has 0 radical (unpaired) electrons. The molecule has 0 atom stereocenters. The minimum atomic E-state index is -0.298. The molecular formula is C13H17N7O2. The largest absolute Gasteiger partial charge is 0.378 e. The summed E-state index contributed by atoms with van der Waals surface area (Å²) in [6, 6.07) is 1.86. The number of rotatable bonds is 4. The van der Waals surface area contributed by atoms with E-state index in [0.717, 1.165) is 18.9 Å². The van der Waals surface area contributed by atoms with E-state index >= 15 is 0 Å². The highest BCUT2D eigenvalue weighted by Gasteiger charge is 2.14. The van der Waals surface area contributed by atoms with E-state index in [1.54, 1.807) is 19.4 Å². The predicted octanol–water partition coefficient (Wildman–Crippen LogP) is -0.628. The minimum absolute atomic E-state index is 0.244. The van der Waals surface area contributed by atoms with E-state index < -0.39 is 0 Å². The van der Waals surface area contributed by atoms with Crippen molar-refractivity contribution in [3.63, 3.8) is 0 Å². The minimum Gasteiger partial charge on any atom is -0.378 e. The van der Waals surface area contributed by atoms with Gasteiger partial charge in [0.05, 0.1) is 26.0 Å². The molecule has 0 saturated carbocycles.